The average molecular weight is 355 g/mol. The Bertz CT molecular complexity index is 477. The maximum atomic E-state index is 12.1. The number of rotatable bonds is 7. The van der Waals surface area contributed by atoms with Crippen LogP contribution in [0.3, 0.4) is 0 Å². The van der Waals surface area contributed by atoms with E-state index in [9.17, 15) is 9.59 Å². The number of alkyl carbamates (subject to hydrolysis) is 1. The molecule has 0 saturated carbocycles. The number of esters is 1. The number of carbonyl (C=O) groups excluding carboxylic acids is 2. The molecule has 1 aliphatic rings. The molecule has 0 bridgehead atoms. The van der Waals surface area contributed by atoms with E-state index in [-0.39, 0.29) is 24.2 Å². The van der Waals surface area contributed by atoms with Crippen molar-refractivity contribution in [2.75, 3.05) is 6.61 Å². The van der Waals surface area contributed by atoms with Crippen LogP contribution in [-0.4, -0.2) is 42.5 Å². The zero-order valence-electron chi connectivity index (χ0n) is 16.4. The van der Waals surface area contributed by atoms with E-state index in [0.29, 0.717) is 25.0 Å². The van der Waals surface area contributed by atoms with Gasteiger partial charge in [0, 0.05) is 11.6 Å². The average Bonchev–Trinajstić information content (AvgIpc) is 2.50. The van der Waals surface area contributed by atoms with E-state index in [1.807, 2.05) is 26.8 Å². The third-order valence-electron chi connectivity index (χ3n) is 3.91. The summed E-state index contributed by atoms with van der Waals surface area (Å²) >= 11 is 0. The second-order valence-corrected chi connectivity index (χ2v) is 7.31. The Morgan fingerprint density at radius 3 is 2.40 bits per heavy atom. The predicted octanol–water partition coefficient (Wildman–Crippen LogP) is 3.74. The topological polar surface area (TPSA) is 73.9 Å². The smallest absolute Gasteiger partial charge is 0.407 e. The van der Waals surface area contributed by atoms with Crippen LogP contribution in [0.2, 0.25) is 0 Å². The molecule has 25 heavy (non-hydrogen) atoms. The van der Waals surface area contributed by atoms with Crippen LogP contribution in [0.5, 0.6) is 0 Å². The lowest BCUT2D eigenvalue weighted by Gasteiger charge is -2.31. The molecule has 0 radical (unpaired) electrons. The summed E-state index contributed by atoms with van der Waals surface area (Å²) in [6.07, 6.45) is 4.09. The third kappa shape index (κ3) is 7.90. The van der Waals surface area contributed by atoms with E-state index in [4.69, 9.17) is 14.2 Å². The Morgan fingerprint density at radius 2 is 1.88 bits per heavy atom. The van der Waals surface area contributed by atoms with Crippen LogP contribution in [0.25, 0.3) is 0 Å². The van der Waals surface area contributed by atoms with Gasteiger partial charge in [-0.15, -0.1) is 0 Å². The van der Waals surface area contributed by atoms with E-state index < -0.39 is 11.7 Å². The van der Waals surface area contributed by atoms with Gasteiger partial charge in [0.2, 0.25) is 0 Å². The van der Waals surface area contributed by atoms with Gasteiger partial charge in [0.25, 0.3) is 0 Å². The highest BCUT2D eigenvalue weighted by Crippen LogP contribution is 2.24. The monoisotopic (exact) mass is 355 g/mol. The SMILES string of the molecule is CCOC(=O)C1=CC(OC(CC)CC)CC(NC(=O)OC(C)(C)C)C1. The van der Waals surface area contributed by atoms with Crippen molar-refractivity contribution >= 4 is 12.1 Å². The van der Waals surface area contributed by atoms with Crippen molar-refractivity contribution in [2.24, 2.45) is 0 Å². The van der Waals surface area contributed by atoms with Crippen molar-refractivity contribution < 1.29 is 23.8 Å². The molecule has 0 aromatic heterocycles. The third-order valence-corrected chi connectivity index (χ3v) is 3.91. The van der Waals surface area contributed by atoms with Gasteiger partial charge in [0.05, 0.1) is 18.8 Å². The van der Waals surface area contributed by atoms with Crippen molar-refractivity contribution in [1.29, 1.82) is 0 Å². The van der Waals surface area contributed by atoms with Gasteiger partial charge >= 0.3 is 12.1 Å². The van der Waals surface area contributed by atoms with Crippen LogP contribution in [0, 0.1) is 0 Å². The molecular formula is C19H33NO5. The first-order valence-electron chi connectivity index (χ1n) is 9.21. The van der Waals surface area contributed by atoms with Gasteiger partial charge in [-0.2, -0.15) is 0 Å². The summed E-state index contributed by atoms with van der Waals surface area (Å²) in [5.74, 6) is -0.351. The van der Waals surface area contributed by atoms with Gasteiger partial charge in [-0.25, -0.2) is 9.59 Å². The first-order chi connectivity index (χ1) is 11.7. The maximum Gasteiger partial charge on any atom is 0.407 e. The number of ether oxygens (including phenoxy) is 3. The molecule has 2 unspecified atom stereocenters. The molecule has 0 saturated heterocycles. The lowest BCUT2D eigenvalue weighted by Crippen LogP contribution is -2.43. The predicted molar refractivity (Wildman–Crippen MR) is 96.4 cm³/mol. The molecule has 1 N–H and O–H groups in total. The number of carbonyl (C=O) groups is 2. The molecule has 1 aliphatic carbocycles. The molecule has 6 nitrogen and oxygen atoms in total. The van der Waals surface area contributed by atoms with E-state index in [1.165, 1.54) is 0 Å². The highest BCUT2D eigenvalue weighted by Gasteiger charge is 2.30. The molecule has 0 aromatic carbocycles. The lowest BCUT2D eigenvalue weighted by atomic mass is 9.92. The first kappa shape index (κ1) is 21.5. The minimum atomic E-state index is -0.565. The zero-order chi connectivity index (χ0) is 19.0. The standard InChI is InChI=1S/C19H33NO5/c1-7-15(8-2)24-16-11-13(17(21)23-9-3)10-14(12-16)20-18(22)25-19(4,5)6/h11,14-16H,7-10,12H2,1-6H3,(H,20,22). The summed E-state index contributed by atoms with van der Waals surface area (Å²) in [7, 11) is 0. The first-order valence-corrected chi connectivity index (χ1v) is 9.21. The fourth-order valence-corrected chi connectivity index (χ4v) is 2.77. The van der Waals surface area contributed by atoms with Gasteiger partial charge in [0.15, 0.2) is 0 Å². The highest BCUT2D eigenvalue weighted by atomic mass is 16.6. The van der Waals surface area contributed by atoms with Crippen LogP contribution < -0.4 is 5.32 Å². The Balaban J connectivity index is 2.82. The maximum absolute atomic E-state index is 12.1. The minimum absolute atomic E-state index is 0.130. The molecule has 0 aromatic rings. The fourth-order valence-electron chi connectivity index (χ4n) is 2.77. The van der Waals surface area contributed by atoms with Gasteiger partial charge in [-0.1, -0.05) is 13.8 Å². The second kappa shape index (κ2) is 9.80. The van der Waals surface area contributed by atoms with E-state index in [0.717, 1.165) is 12.8 Å². The van der Waals surface area contributed by atoms with Crippen LogP contribution >= 0.6 is 0 Å². The summed E-state index contributed by atoms with van der Waals surface area (Å²) in [6, 6.07) is -0.224. The van der Waals surface area contributed by atoms with Crippen molar-refractivity contribution in [3.63, 3.8) is 0 Å². The van der Waals surface area contributed by atoms with E-state index in [2.05, 4.69) is 19.2 Å². The molecule has 1 amide bonds. The highest BCUT2D eigenvalue weighted by molar-refractivity contribution is 5.89. The van der Waals surface area contributed by atoms with E-state index >= 15 is 0 Å². The largest absolute Gasteiger partial charge is 0.463 e. The number of hydrogen-bond donors (Lipinski definition) is 1. The summed E-state index contributed by atoms with van der Waals surface area (Å²) in [6.45, 7) is 11.7. The second-order valence-electron chi connectivity index (χ2n) is 7.31. The molecule has 0 aliphatic heterocycles. The Hall–Kier alpha value is -1.56. The molecule has 6 heteroatoms. The minimum Gasteiger partial charge on any atom is -0.463 e. The normalized spacial score (nSPS) is 20.8. The van der Waals surface area contributed by atoms with Crippen molar-refractivity contribution in [3.8, 4) is 0 Å². The molecule has 0 spiro atoms. The summed E-state index contributed by atoms with van der Waals surface area (Å²) in [5, 5.41) is 2.85. The van der Waals surface area contributed by atoms with Crippen molar-refractivity contribution in [2.45, 2.75) is 91.1 Å². The van der Waals surface area contributed by atoms with Gasteiger partial charge in [-0.05, 0) is 59.5 Å². The van der Waals surface area contributed by atoms with Gasteiger partial charge in [-0.3, -0.25) is 0 Å². The molecule has 1 rings (SSSR count). The summed E-state index contributed by atoms with van der Waals surface area (Å²) in [4.78, 5) is 24.2. The molecule has 144 valence electrons. The summed E-state index contributed by atoms with van der Waals surface area (Å²) in [5.41, 5.74) is -0.0191. The number of amides is 1. The van der Waals surface area contributed by atoms with Crippen molar-refractivity contribution in [3.05, 3.63) is 11.6 Å². The van der Waals surface area contributed by atoms with Gasteiger partial charge in [0.1, 0.15) is 5.60 Å². The quantitative estimate of drug-likeness (QED) is 0.704. The zero-order valence-corrected chi connectivity index (χ0v) is 16.4. The van der Waals surface area contributed by atoms with Crippen LogP contribution in [0.4, 0.5) is 4.79 Å². The summed E-state index contributed by atoms with van der Waals surface area (Å²) < 4.78 is 16.5. The number of hydrogen-bond acceptors (Lipinski definition) is 5. The van der Waals surface area contributed by atoms with Crippen LogP contribution in [0.15, 0.2) is 11.6 Å². The van der Waals surface area contributed by atoms with E-state index in [1.54, 1.807) is 6.92 Å². The van der Waals surface area contributed by atoms with Crippen molar-refractivity contribution in [1.82, 2.24) is 5.32 Å². The Labute approximate surface area is 151 Å². The van der Waals surface area contributed by atoms with Crippen LogP contribution in [-0.2, 0) is 19.0 Å². The number of nitrogens with one attached hydrogen (secondary N) is 1. The Morgan fingerprint density at radius 1 is 1.24 bits per heavy atom. The lowest BCUT2D eigenvalue weighted by molar-refractivity contribution is -0.139. The van der Waals surface area contributed by atoms with Gasteiger partial charge < -0.3 is 19.5 Å². The molecule has 0 heterocycles. The fraction of sp³-hybridized carbons (Fsp3) is 0.789. The Kier molecular flexibility index (Phi) is 8.42. The molecular weight excluding hydrogens is 322 g/mol. The molecule has 0 fully saturated rings. The van der Waals surface area contributed by atoms with Crippen LogP contribution in [0.1, 0.15) is 67.2 Å². The molecule has 2 atom stereocenters.